The van der Waals surface area contributed by atoms with E-state index in [1.165, 1.54) is 14.7 Å². The van der Waals surface area contributed by atoms with Crippen LogP contribution in [0.1, 0.15) is 11.1 Å². The van der Waals surface area contributed by atoms with Crippen molar-refractivity contribution in [3.63, 3.8) is 0 Å². The Bertz CT molecular complexity index is 1740. The van der Waals surface area contributed by atoms with E-state index in [0.717, 1.165) is 35.6 Å². The van der Waals surface area contributed by atoms with Crippen molar-refractivity contribution >= 4 is 16.9 Å². The van der Waals surface area contributed by atoms with Crippen molar-refractivity contribution in [1.82, 2.24) is 28.0 Å². The molecule has 4 heterocycles. The van der Waals surface area contributed by atoms with Crippen LogP contribution in [0.2, 0.25) is 0 Å². The second kappa shape index (κ2) is 9.17. The summed E-state index contributed by atoms with van der Waals surface area (Å²) in [7, 11) is 1.68. The second-order valence-corrected chi connectivity index (χ2v) is 9.69. The van der Waals surface area contributed by atoms with Gasteiger partial charge < -0.3 is 4.74 Å². The van der Waals surface area contributed by atoms with Crippen LogP contribution in [0.15, 0.2) is 64.3 Å². The Kier molecular flexibility index (Phi) is 5.81. The molecule has 5 aromatic rings. The first-order valence-electron chi connectivity index (χ1n) is 12.6. The number of aromatic nitrogens is 5. The zero-order valence-corrected chi connectivity index (χ0v) is 21.3. The summed E-state index contributed by atoms with van der Waals surface area (Å²) in [5, 5.41) is 0. The fourth-order valence-electron chi connectivity index (χ4n) is 5.09. The number of benzene rings is 2. The number of hydrogen-bond acceptors (Lipinski definition) is 5. The molecule has 9 heteroatoms. The van der Waals surface area contributed by atoms with E-state index in [9.17, 15) is 9.59 Å². The Morgan fingerprint density at radius 1 is 0.946 bits per heavy atom. The van der Waals surface area contributed by atoms with Gasteiger partial charge in [0, 0.05) is 50.7 Å². The lowest BCUT2D eigenvalue weighted by atomic mass is 10.1. The molecule has 0 aliphatic carbocycles. The molecule has 1 fully saturated rings. The summed E-state index contributed by atoms with van der Waals surface area (Å²) in [6.07, 6.45) is 1.95. The molecule has 0 atom stereocenters. The number of nitrogens with zero attached hydrogens (tertiary/aromatic N) is 6. The molecule has 190 valence electrons. The average Bonchev–Trinajstić information content (AvgIpc) is 3.47. The Hall–Kier alpha value is -3.95. The molecule has 0 unspecified atom stereocenters. The molecule has 0 bridgehead atoms. The molecule has 0 spiro atoms. The van der Waals surface area contributed by atoms with Gasteiger partial charge in [-0.05, 0) is 37.1 Å². The van der Waals surface area contributed by atoms with E-state index in [1.54, 1.807) is 7.05 Å². The topological polar surface area (TPSA) is 78.7 Å². The number of hydrogen-bond donors (Lipinski definition) is 0. The largest absolute Gasteiger partial charge is 0.379 e. The van der Waals surface area contributed by atoms with Gasteiger partial charge in [-0.3, -0.25) is 27.8 Å². The number of fused-ring (bicyclic) bond motifs is 3. The predicted octanol–water partition coefficient (Wildman–Crippen LogP) is 2.75. The van der Waals surface area contributed by atoms with E-state index in [2.05, 4.69) is 41.5 Å². The Morgan fingerprint density at radius 3 is 2.43 bits per heavy atom. The normalized spacial score (nSPS) is 14.7. The molecule has 1 aliphatic rings. The molecule has 0 radical (unpaired) electrons. The van der Waals surface area contributed by atoms with Crippen molar-refractivity contribution in [2.45, 2.75) is 20.4 Å². The number of ether oxygens (including phenoxy) is 1. The first kappa shape index (κ1) is 23.4. The van der Waals surface area contributed by atoms with Gasteiger partial charge in [0.05, 0.1) is 18.9 Å². The maximum absolute atomic E-state index is 13.8. The van der Waals surface area contributed by atoms with E-state index < -0.39 is 0 Å². The van der Waals surface area contributed by atoms with Crippen LogP contribution in [-0.4, -0.2) is 60.8 Å². The van der Waals surface area contributed by atoms with E-state index >= 15 is 0 Å². The number of morpholine rings is 1. The minimum atomic E-state index is -0.354. The zero-order chi connectivity index (χ0) is 25.7. The quantitative estimate of drug-likeness (QED) is 0.372. The number of imidazole rings is 2. The van der Waals surface area contributed by atoms with Crippen LogP contribution in [0, 0.1) is 13.8 Å². The van der Waals surface area contributed by atoms with Crippen molar-refractivity contribution in [1.29, 1.82) is 0 Å². The summed E-state index contributed by atoms with van der Waals surface area (Å²) in [4.78, 5) is 34.1. The zero-order valence-electron chi connectivity index (χ0n) is 21.3. The minimum Gasteiger partial charge on any atom is -0.379 e. The van der Waals surface area contributed by atoms with Crippen LogP contribution in [0.3, 0.4) is 0 Å². The Labute approximate surface area is 213 Å². The molecule has 1 aliphatic heterocycles. The minimum absolute atomic E-state index is 0.318. The van der Waals surface area contributed by atoms with Gasteiger partial charge in [-0.2, -0.15) is 4.98 Å². The fraction of sp³-hybridized carbons (Fsp3) is 0.321. The monoisotopic (exact) mass is 498 g/mol. The van der Waals surface area contributed by atoms with Crippen LogP contribution in [-0.2, 0) is 18.3 Å². The van der Waals surface area contributed by atoms with Gasteiger partial charge in [0.2, 0.25) is 5.78 Å². The van der Waals surface area contributed by atoms with Gasteiger partial charge in [-0.1, -0.05) is 36.4 Å². The lowest BCUT2D eigenvalue weighted by Gasteiger charge is -2.26. The number of aryl methyl sites for hydroxylation is 3. The SMILES string of the molecule is Cc1ccc(-n2c(-c3ccccc3)cn3c4c(=O)n(CCN5CCOCC5)c(=O)n(C)c4nc23)cc1C. The van der Waals surface area contributed by atoms with Gasteiger partial charge in [0.25, 0.3) is 5.56 Å². The molecular formula is C28H30N6O3. The highest BCUT2D eigenvalue weighted by atomic mass is 16.5. The molecular weight excluding hydrogens is 468 g/mol. The molecule has 1 saturated heterocycles. The molecule has 37 heavy (non-hydrogen) atoms. The summed E-state index contributed by atoms with van der Waals surface area (Å²) in [6, 6.07) is 16.3. The van der Waals surface area contributed by atoms with E-state index in [0.29, 0.717) is 43.2 Å². The lowest BCUT2D eigenvalue weighted by molar-refractivity contribution is 0.0361. The third-order valence-corrected chi connectivity index (χ3v) is 7.41. The van der Waals surface area contributed by atoms with Gasteiger partial charge >= 0.3 is 5.69 Å². The Morgan fingerprint density at radius 2 is 1.70 bits per heavy atom. The fourth-order valence-corrected chi connectivity index (χ4v) is 5.09. The van der Waals surface area contributed by atoms with Crippen molar-refractivity contribution in [2.24, 2.45) is 7.05 Å². The van der Waals surface area contributed by atoms with E-state index in [1.807, 2.05) is 40.9 Å². The Balaban J connectivity index is 1.58. The van der Waals surface area contributed by atoms with Crippen LogP contribution < -0.4 is 11.2 Å². The van der Waals surface area contributed by atoms with Crippen molar-refractivity contribution in [3.8, 4) is 16.9 Å². The summed E-state index contributed by atoms with van der Waals surface area (Å²) in [5.41, 5.74) is 5.35. The van der Waals surface area contributed by atoms with Crippen LogP contribution >= 0.6 is 0 Å². The molecule has 0 saturated carbocycles. The first-order valence-corrected chi connectivity index (χ1v) is 12.6. The van der Waals surface area contributed by atoms with Crippen LogP contribution in [0.5, 0.6) is 0 Å². The van der Waals surface area contributed by atoms with Crippen molar-refractivity contribution in [3.05, 3.63) is 86.7 Å². The van der Waals surface area contributed by atoms with E-state index in [4.69, 9.17) is 9.72 Å². The summed E-state index contributed by atoms with van der Waals surface area (Å²) < 4.78 is 12.1. The van der Waals surface area contributed by atoms with Crippen molar-refractivity contribution in [2.75, 3.05) is 32.8 Å². The van der Waals surface area contributed by atoms with Gasteiger partial charge in [0.1, 0.15) is 0 Å². The summed E-state index contributed by atoms with van der Waals surface area (Å²) in [5.74, 6) is 0.593. The molecule has 0 amide bonds. The van der Waals surface area contributed by atoms with Crippen molar-refractivity contribution < 1.29 is 4.74 Å². The third-order valence-electron chi connectivity index (χ3n) is 7.41. The maximum atomic E-state index is 13.8. The third kappa shape index (κ3) is 3.91. The van der Waals surface area contributed by atoms with Gasteiger partial charge in [-0.25, -0.2) is 4.79 Å². The smallest absolute Gasteiger partial charge is 0.332 e. The van der Waals surface area contributed by atoms with E-state index in [-0.39, 0.29) is 11.2 Å². The van der Waals surface area contributed by atoms with Gasteiger partial charge in [-0.15, -0.1) is 0 Å². The average molecular weight is 499 g/mol. The highest BCUT2D eigenvalue weighted by molar-refractivity contribution is 5.79. The highest BCUT2D eigenvalue weighted by Gasteiger charge is 2.23. The molecule has 6 rings (SSSR count). The first-order chi connectivity index (χ1) is 17.9. The molecule has 0 N–H and O–H groups in total. The molecule has 9 nitrogen and oxygen atoms in total. The van der Waals surface area contributed by atoms with Gasteiger partial charge in [0.15, 0.2) is 11.2 Å². The summed E-state index contributed by atoms with van der Waals surface area (Å²) in [6.45, 7) is 8.04. The molecule has 2 aromatic carbocycles. The highest BCUT2D eigenvalue weighted by Crippen LogP contribution is 2.29. The number of rotatable bonds is 5. The van der Waals surface area contributed by atoms with Crippen LogP contribution in [0.4, 0.5) is 0 Å². The summed E-state index contributed by atoms with van der Waals surface area (Å²) >= 11 is 0. The standard InChI is InChI=1S/C28H30N6O3/c1-19-9-10-22(17-20(19)2)34-23(21-7-5-4-6-8-21)18-33-24-25(29-27(33)34)30(3)28(36)32(26(24)35)12-11-31-13-15-37-16-14-31/h4-10,17-18H,11-16H2,1-3H3. The molecule has 3 aromatic heterocycles. The maximum Gasteiger partial charge on any atom is 0.332 e. The van der Waals surface area contributed by atoms with Crippen LogP contribution in [0.25, 0.3) is 33.9 Å². The predicted molar refractivity (Wildman–Crippen MR) is 144 cm³/mol. The second-order valence-electron chi connectivity index (χ2n) is 9.69. The lowest BCUT2D eigenvalue weighted by Crippen LogP contribution is -2.44.